The molecule has 2 heterocycles. The van der Waals surface area contributed by atoms with Crippen molar-refractivity contribution in [2.24, 2.45) is 0 Å². The topological polar surface area (TPSA) is 69.1 Å². The van der Waals surface area contributed by atoms with Crippen LogP contribution in [0.4, 0.5) is 5.82 Å². The summed E-state index contributed by atoms with van der Waals surface area (Å²) in [6.45, 7) is 0. The van der Waals surface area contributed by atoms with Gasteiger partial charge >= 0.3 is 0 Å². The second-order valence-electron chi connectivity index (χ2n) is 5.27. The maximum Gasteiger partial charge on any atom is 0.185 e. The molecule has 100 valence electrons. The van der Waals surface area contributed by atoms with Gasteiger partial charge in [0.2, 0.25) is 0 Å². The molecule has 1 aromatic carbocycles. The second kappa shape index (κ2) is 4.30. The molecule has 0 amide bonds. The summed E-state index contributed by atoms with van der Waals surface area (Å²) in [4.78, 5) is 0. The minimum Gasteiger partial charge on any atom is -0.382 e. The fraction of sp³-hybridized carbons (Fsp3) is 0.267. The zero-order chi connectivity index (χ0) is 13.5. The summed E-state index contributed by atoms with van der Waals surface area (Å²) in [7, 11) is 0. The van der Waals surface area contributed by atoms with E-state index in [0.717, 1.165) is 22.6 Å². The van der Waals surface area contributed by atoms with E-state index in [1.807, 2.05) is 36.4 Å². The number of nitrogens with two attached hydrogens (primary N) is 1. The molecule has 0 bridgehead atoms. The lowest BCUT2D eigenvalue weighted by Crippen LogP contribution is -2.13. The first kappa shape index (κ1) is 11.4. The molecule has 1 aliphatic rings. The van der Waals surface area contributed by atoms with Crippen LogP contribution in [-0.4, -0.2) is 19.8 Å². The molecule has 0 radical (unpaired) electrons. The second-order valence-corrected chi connectivity index (χ2v) is 5.27. The fourth-order valence-corrected chi connectivity index (χ4v) is 2.67. The molecular weight excluding hydrogens is 250 g/mol. The summed E-state index contributed by atoms with van der Waals surface area (Å²) in [5, 5.41) is 13.0. The summed E-state index contributed by atoms with van der Waals surface area (Å²) in [6, 6.07) is 11.9. The molecule has 4 rings (SSSR count). The Bertz CT molecular complexity index is 759. The molecule has 5 heteroatoms. The number of hydrogen-bond acceptors (Lipinski definition) is 4. The van der Waals surface area contributed by atoms with E-state index in [1.165, 1.54) is 19.3 Å². The van der Waals surface area contributed by atoms with Gasteiger partial charge < -0.3 is 5.73 Å². The third-order valence-electron chi connectivity index (χ3n) is 4.03. The first-order chi connectivity index (χ1) is 9.83. The molecule has 0 atom stereocenters. The van der Waals surface area contributed by atoms with E-state index in [-0.39, 0.29) is 0 Å². The minimum absolute atomic E-state index is 0.546. The number of rotatable bonds is 2. The van der Waals surface area contributed by atoms with Crippen LogP contribution >= 0.6 is 0 Å². The molecule has 1 fully saturated rings. The van der Waals surface area contributed by atoms with Crippen LogP contribution in [0.25, 0.3) is 17.0 Å². The third kappa shape index (κ3) is 1.66. The lowest BCUT2D eigenvalue weighted by molar-refractivity contribution is 0.419. The first-order valence-corrected chi connectivity index (χ1v) is 6.90. The molecule has 5 nitrogen and oxygen atoms in total. The minimum atomic E-state index is 0.546. The Labute approximate surface area is 116 Å². The van der Waals surface area contributed by atoms with Gasteiger partial charge in [0.15, 0.2) is 11.5 Å². The van der Waals surface area contributed by atoms with E-state index in [0.29, 0.717) is 11.7 Å². The average molecular weight is 265 g/mol. The quantitative estimate of drug-likeness (QED) is 0.773. The summed E-state index contributed by atoms with van der Waals surface area (Å²) >= 11 is 0. The van der Waals surface area contributed by atoms with Gasteiger partial charge in [-0.1, -0.05) is 36.8 Å². The first-order valence-electron chi connectivity index (χ1n) is 6.90. The monoisotopic (exact) mass is 265 g/mol. The van der Waals surface area contributed by atoms with Crippen LogP contribution in [0.2, 0.25) is 0 Å². The Morgan fingerprint density at radius 3 is 2.60 bits per heavy atom. The van der Waals surface area contributed by atoms with Gasteiger partial charge in [0.05, 0.1) is 0 Å². The summed E-state index contributed by atoms with van der Waals surface area (Å²) < 4.78 is 1.73. The van der Waals surface area contributed by atoms with Crippen molar-refractivity contribution >= 4 is 11.5 Å². The average Bonchev–Trinajstić information content (AvgIpc) is 2.81. The van der Waals surface area contributed by atoms with E-state index in [4.69, 9.17) is 5.73 Å². The molecule has 3 aromatic rings. The number of benzene rings is 1. The Morgan fingerprint density at radius 2 is 1.90 bits per heavy atom. The Kier molecular flexibility index (Phi) is 2.45. The lowest BCUT2D eigenvalue weighted by Gasteiger charge is -2.26. The lowest BCUT2D eigenvalue weighted by atomic mass is 9.80. The zero-order valence-corrected chi connectivity index (χ0v) is 11.0. The van der Waals surface area contributed by atoms with E-state index >= 15 is 0 Å². The highest BCUT2D eigenvalue weighted by atomic mass is 15.4. The molecule has 1 aliphatic carbocycles. The van der Waals surface area contributed by atoms with Crippen LogP contribution in [0.5, 0.6) is 0 Å². The predicted octanol–water partition coefficient (Wildman–Crippen LogP) is 2.64. The number of nitrogens with zero attached hydrogens (tertiary/aromatic N) is 4. The largest absolute Gasteiger partial charge is 0.382 e. The van der Waals surface area contributed by atoms with Crippen LogP contribution < -0.4 is 5.73 Å². The SMILES string of the molecule is Nc1nn2c(-c3ccccc3)nnc2cc1C1CCC1. The molecule has 1 saturated carbocycles. The summed E-state index contributed by atoms with van der Waals surface area (Å²) in [5.74, 6) is 1.87. The van der Waals surface area contributed by atoms with Crippen molar-refractivity contribution in [1.82, 2.24) is 19.8 Å². The maximum atomic E-state index is 6.12. The van der Waals surface area contributed by atoms with E-state index in [2.05, 4.69) is 15.3 Å². The molecule has 0 unspecified atom stereocenters. The van der Waals surface area contributed by atoms with Crippen molar-refractivity contribution in [2.45, 2.75) is 25.2 Å². The smallest absolute Gasteiger partial charge is 0.185 e. The molecule has 0 saturated heterocycles. The van der Waals surface area contributed by atoms with Crippen molar-refractivity contribution in [1.29, 1.82) is 0 Å². The van der Waals surface area contributed by atoms with Crippen molar-refractivity contribution < 1.29 is 0 Å². The number of fused-ring (bicyclic) bond motifs is 1. The van der Waals surface area contributed by atoms with Crippen LogP contribution in [0.3, 0.4) is 0 Å². The molecule has 2 aromatic heterocycles. The van der Waals surface area contributed by atoms with E-state index in [1.54, 1.807) is 4.52 Å². The molecule has 0 aliphatic heterocycles. The van der Waals surface area contributed by atoms with E-state index in [9.17, 15) is 0 Å². The van der Waals surface area contributed by atoms with Crippen molar-refractivity contribution in [3.63, 3.8) is 0 Å². The van der Waals surface area contributed by atoms with Crippen LogP contribution in [0.1, 0.15) is 30.7 Å². The highest BCUT2D eigenvalue weighted by molar-refractivity contribution is 5.60. The molecule has 0 spiro atoms. The molecule has 20 heavy (non-hydrogen) atoms. The molecule has 2 N–H and O–H groups in total. The molecular formula is C15H15N5. The van der Waals surface area contributed by atoms with Gasteiger partial charge in [-0.3, -0.25) is 0 Å². The summed E-state index contributed by atoms with van der Waals surface area (Å²) in [6.07, 6.45) is 3.67. The van der Waals surface area contributed by atoms with Crippen LogP contribution in [0.15, 0.2) is 36.4 Å². The highest BCUT2D eigenvalue weighted by Gasteiger charge is 2.23. The summed E-state index contributed by atoms with van der Waals surface area (Å²) in [5.41, 5.74) is 8.99. The van der Waals surface area contributed by atoms with Gasteiger partial charge in [0, 0.05) is 11.1 Å². The number of aromatic nitrogens is 4. The number of nitrogen functional groups attached to an aromatic ring is 1. The number of hydrogen-bond donors (Lipinski definition) is 1. The van der Waals surface area contributed by atoms with Gasteiger partial charge in [-0.05, 0) is 24.8 Å². The van der Waals surface area contributed by atoms with Gasteiger partial charge in [-0.15, -0.1) is 15.3 Å². The van der Waals surface area contributed by atoms with E-state index < -0.39 is 0 Å². The Balaban J connectivity index is 1.87. The number of anilines is 1. The van der Waals surface area contributed by atoms with Gasteiger partial charge in [0.1, 0.15) is 5.82 Å². The zero-order valence-electron chi connectivity index (χ0n) is 11.0. The van der Waals surface area contributed by atoms with Crippen molar-refractivity contribution in [3.05, 3.63) is 42.0 Å². The Morgan fingerprint density at radius 1 is 1.10 bits per heavy atom. The van der Waals surface area contributed by atoms with Crippen molar-refractivity contribution in [2.75, 3.05) is 5.73 Å². The predicted molar refractivity (Wildman–Crippen MR) is 77.2 cm³/mol. The maximum absolute atomic E-state index is 6.12. The third-order valence-corrected chi connectivity index (χ3v) is 4.03. The standard InChI is InChI=1S/C15H15N5/c16-14-12(10-7-4-8-10)9-13-17-18-15(20(13)19-14)11-5-2-1-3-6-11/h1-3,5-6,9-10H,4,7-8H2,(H2,16,19). The van der Waals surface area contributed by atoms with Crippen LogP contribution in [-0.2, 0) is 0 Å². The van der Waals surface area contributed by atoms with Gasteiger partial charge in [-0.25, -0.2) is 0 Å². The van der Waals surface area contributed by atoms with Gasteiger partial charge in [0.25, 0.3) is 0 Å². The normalized spacial score (nSPS) is 15.4. The van der Waals surface area contributed by atoms with Crippen molar-refractivity contribution in [3.8, 4) is 11.4 Å². The fourth-order valence-electron chi connectivity index (χ4n) is 2.67. The Hall–Kier alpha value is -2.43. The van der Waals surface area contributed by atoms with Gasteiger partial charge in [-0.2, -0.15) is 4.52 Å². The van der Waals surface area contributed by atoms with Crippen LogP contribution in [0, 0.1) is 0 Å². The highest BCUT2D eigenvalue weighted by Crippen LogP contribution is 2.38.